The first-order chi connectivity index (χ1) is 13.1. The van der Waals surface area contributed by atoms with Crippen LogP contribution < -0.4 is 5.32 Å². The standard InChI is InChI=1S/C15H7Cl4F3N4OS/c16-7-2-8(17)12(9(18)3-7)23-11(27)5-28-14-25-24-13-10(19)1-6(4-26(13)14)15(20,21)22/h1-4H,5H2,(H,23,27). The molecule has 0 radical (unpaired) electrons. The Bertz CT molecular complexity index is 1050. The van der Waals surface area contributed by atoms with E-state index in [0.29, 0.717) is 5.02 Å². The van der Waals surface area contributed by atoms with E-state index >= 15 is 0 Å². The highest BCUT2D eigenvalue weighted by molar-refractivity contribution is 7.99. The normalized spacial score (nSPS) is 11.8. The summed E-state index contributed by atoms with van der Waals surface area (Å²) in [5, 5.41) is 10.5. The Labute approximate surface area is 180 Å². The largest absolute Gasteiger partial charge is 0.417 e. The van der Waals surface area contributed by atoms with Crippen LogP contribution in [0.1, 0.15) is 5.56 Å². The second-order valence-electron chi connectivity index (χ2n) is 5.33. The quantitative estimate of drug-likeness (QED) is 0.450. The molecule has 3 aromatic rings. The minimum absolute atomic E-state index is 0.0429. The zero-order chi connectivity index (χ0) is 20.6. The number of halogens is 7. The molecule has 0 saturated carbocycles. The van der Waals surface area contributed by atoms with Gasteiger partial charge in [-0.2, -0.15) is 13.2 Å². The predicted octanol–water partition coefficient (Wildman–Crippen LogP) is 6.09. The molecule has 2 aromatic heterocycles. The van der Waals surface area contributed by atoms with Gasteiger partial charge in [-0.15, -0.1) is 10.2 Å². The third-order valence-corrected chi connectivity index (χ3v) is 5.40. The molecule has 0 aliphatic carbocycles. The van der Waals surface area contributed by atoms with Crippen molar-refractivity contribution in [2.75, 3.05) is 11.1 Å². The third kappa shape index (κ3) is 4.60. The van der Waals surface area contributed by atoms with E-state index in [1.807, 2.05) is 0 Å². The molecule has 0 aliphatic rings. The number of pyridine rings is 1. The average molecular weight is 490 g/mol. The number of nitrogens with one attached hydrogen (secondary N) is 1. The van der Waals surface area contributed by atoms with Gasteiger partial charge in [-0.25, -0.2) is 0 Å². The number of fused-ring (bicyclic) bond motifs is 1. The Balaban J connectivity index is 1.79. The molecule has 0 bridgehead atoms. The van der Waals surface area contributed by atoms with E-state index in [9.17, 15) is 18.0 Å². The van der Waals surface area contributed by atoms with E-state index in [4.69, 9.17) is 46.4 Å². The Kier molecular flexibility index (Phi) is 6.21. The van der Waals surface area contributed by atoms with Gasteiger partial charge in [-0.1, -0.05) is 58.2 Å². The van der Waals surface area contributed by atoms with Crippen LogP contribution in [0.3, 0.4) is 0 Å². The van der Waals surface area contributed by atoms with Crippen LogP contribution >= 0.6 is 58.2 Å². The topological polar surface area (TPSA) is 59.3 Å². The number of aromatic nitrogens is 3. The van der Waals surface area contributed by atoms with Gasteiger partial charge in [-0.3, -0.25) is 9.20 Å². The molecule has 5 nitrogen and oxygen atoms in total. The number of alkyl halides is 3. The van der Waals surface area contributed by atoms with Crippen molar-refractivity contribution in [3.05, 3.63) is 50.0 Å². The maximum absolute atomic E-state index is 13.0. The van der Waals surface area contributed by atoms with E-state index in [1.165, 1.54) is 12.1 Å². The fraction of sp³-hybridized carbons (Fsp3) is 0.133. The van der Waals surface area contributed by atoms with Crippen LogP contribution in [0.15, 0.2) is 29.6 Å². The molecule has 1 amide bonds. The predicted molar refractivity (Wildman–Crippen MR) is 104 cm³/mol. The lowest BCUT2D eigenvalue weighted by molar-refractivity contribution is -0.137. The molecule has 3 rings (SSSR count). The van der Waals surface area contributed by atoms with Crippen molar-refractivity contribution in [3.63, 3.8) is 0 Å². The minimum atomic E-state index is -4.59. The number of rotatable bonds is 4. The van der Waals surface area contributed by atoms with Crippen molar-refractivity contribution in [1.82, 2.24) is 14.6 Å². The number of benzene rings is 1. The summed E-state index contributed by atoms with van der Waals surface area (Å²) in [6, 6.07) is 3.58. The van der Waals surface area contributed by atoms with E-state index in [2.05, 4.69) is 15.5 Å². The zero-order valence-electron chi connectivity index (χ0n) is 13.3. The molecule has 13 heteroatoms. The number of carbonyl (C=O) groups excluding carboxylic acids is 1. The van der Waals surface area contributed by atoms with Gasteiger partial charge in [0.2, 0.25) is 5.91 Å². The molecule has 1 aromatic carbocycles. The molecule has 2 heterocycles. The summed E-state index contributed by atoms with van der Waals surface area (Å²) in [4.78, 5) is 12.2. The minimum Gasteiger partial charge on any atom is -0.323 e. The van der Waals surface area contributed by atoms with Crippen LogP contribution in [0.2, 0.25) is 20.1 Å². The SMILES string of the molecule is O=C(CSc1nnc2c(Cl)cc(C(F)(F)F)cn12)Nc1c(Cl)cc(Cl)cc1Cl. The van der Waals surface area contributed by atoms with Crippen LogP contribution in [0, 0.1) is 0 Å². The van der Waals surface area contributed by atoms with Crippen molar-refractivity contribution in [3.8, 4) is 0 Å². The lowest BCUT2D eigenvalue weighted by Gasteiger charge is -2.10. The Morgan fingerprint density at radius 3 is 2.32 bits per heavy atom. The highest BCUT2D eigenvalue weighted by Crippen LogP contribution is 2.35. The molecule has 0 saturated heterocycles. The summed E-state index contributed by atoms with van der Waals surface area (Å²) >= 11 is 24.5. The van der Waals surface area contributed by atoms with Gasteiger partial charge in [0.1, 0.15) is 0 Å². The first-order valence-electron chi connectivity index (χ1n) is 7.25. The molecular weight excluding hydrogens is 483 g/mol. The van der Waals surface area contributed by atoms with Crippen molar-refractivity contribution in [2.45, 2.75) is 11.3 Å². The van der Waals surface area contributed by atoms with E-state index in [0.717, 1.165) is 28.4 Å². The lowest BCUT2D eigenvalue weighted by atomic mass is 10.3. The molecule has 148 valence electrons. The highest BCUT2D eigenvalue weighted by Gasteiger charge is 2.32. The van der Waals surface area contributed by atoms with Gasteiger partial charge in [0.05, 0.1) is 32.1 Å². The molecule has 0 fully saturated rings. The second kappa shape index (κ2) is 8.16. The fourth-order valence-corrected chi connectivity index (χ4v) is 4.02. The summed E-state index contributed by atoms with van der Waals surface area (Å²) in [6.45, 7) is 0. The summed E-state index contributed by atoms with van der Waals surface area (Å²) in [7, 11) is 0. The molecule has 0 atom stereocenters. The smallest absolute Gasteiger partial charge is 0.323 e. The lowest BCUT2D eigenvalue weighted by Crippen LogP contribution is -2.15. The maximum Gasteiger partial charge on any atom is 0.417 e. The monoisotopic (exact) mass is 488 g/mol. The van der Waals surface area contributed by atoms with E-state index < -0.39 is 17.6 Å². The van der Waals surface area contributed by atoms with Crippen molar-refractivity contribution >= 4 is 75.4 Å². The zero-order valence-corrected chi connectivity index (χ0v) is 17.2. The first kappa shape index (κ1) is 21.3. The molecular formula is C15H7Cl4F3N4OS. The van der Waals surface area contributed by atoms with Gasteiger partial charge in [0.15, 0.2) is 10.8 Å². The Hall–Kier alpha value is -1.39. The van der Waals surface area contributed by atoms with Crippen LogP contribution in [-0.4, -0.2) is 26.3 Å². The number of nitrogens with zero attached hydrogens (tertiary/aromatic N) is 3. The van der Waals surface area contributed by atoms with E-state index in [-0.39, 0.29) is 37.3 Å². The number of carbonyl (C=O) groups is 1. The van der Waals surface area contributed by atoms with Crippen molar-refractivity contribution in [2.24, 2.45) is 0 Å². The van der Waals surface area contributed by atoms with Crippen LogP contribution in [0.4, 0.5) is 18.9 Å². The van der Waals surface area contributed by atoms with Crippen LogP contribution in [-0.2, 0) is 11.0 Å². The average Bonchev–Trinajstić information content (AvgIpc) is 2.99. The molecule has 1 N–H and O–H groups in total. The molecule has 0 unspecified atom stereocenters. The summed E-state index contributed by atoms with van der Waals surface area (Å²) in [5.41, 5.74) is -0.746. The fourth-order valence-electron chi connectivity index (χ4n) is 2.15. The Morgan fingerprint density at radius 2 is 1.71 bits per heavy atom. The molecule has 28 heavy (non-hydrogen) atoms. The van der Waals surface area contributed by atoms with E-state index in [1.54, 1.807) is 0 Å². The molecule has 0 aliphatic heterocycles. The highest BCUT2D eigenvalue weighted by atomic mass is 35.5. The summed E-state index contributed by atoms with van der Waals surface area (Å²) in [5.74, 6) is -0.699. The van der Waals surface area contributed by atoms with Gasteiger partial charge >= 0.3 is 6.18 Å². The van der Waals surface area contributed by atoms with Gasteiger partial charge in [0.25, 0.3) is 0 Å². The van der Waals surface area contributed by atoms with Gasteiger partial charge in [0, 0.05) is 11.2 Å². The number of anilines is 1. The number of hydrogen-bond donors (Lipinski definition) is 1. The van der Waals surface area contributed by atoms with Gasteiger partial charge in [-0.05, 0) is 18.2 Å². The number of amides is 1. The molecule has 0 spiro atoms. The third-order valence-electron chi connectivity index (χ3n) is 3.36. The number of thioether (sulfide) groups is 1. The number of hydrogen-bond acceptors (Lipinski definition) is 4. The van der Waals surface area contributed by atoms with Crippen molar-refractivity contribution in [1.29, 1.82) is 0 Å². The summed E-state index contributed by atoms with van der Waals surface area (Å²) in [6.07, 6.45) is -3.78. The Morgan fingerprint density at radius 1 is 1.07 bits per heavy atom. The van der Waals surface area contributed by atoms with Crippen molar-refractivity contribution < 1.29 is 18.0 Å². The maximum atomic E-state index is 13.0. The van der Waals surface area contributed by atoms with Gasteiger partial charge < -0.3 is 5.32 Å². The first-order valence-corrected chi connectivity index (χ1v) is 9.74. The van der Waals surface area contributed by atoms with Crippen LogP contribution in [0.25, 0.3) is 5.65 Å². The summed E-state index contributed by atoms with van der Waals surface area (Å²) < 4.78 is 40.0. The second-order valence-corrected chi connectivity index (χ2v) is 7.93. The van der Waals surface area contributed by atoms with Crippen LogP contribution in [0.5, 0.6) is 0 Å².